The zero-order valence-electron chi connectivity index (χ0n) is 21.4. The third-order valence-corrected chi connectivity index (χ3v) is 7.15. The predicted molar refractivity (Wildman–Crippen MR) is 156 cm³/mol. The molecule has 0 aliphatic carbocycles. The first-order valence-electron chi connectivity index (χ1n) is 12.6. The molecule has 1 aliphatic heterocycles. The number of carbonyl (C=O) groups excluding carboxylic acids is 1. The van der Waals surface area contributed by atoms with Crippen LogP contribution in [0.5, 0.6) is 5.75 Å². The second kappa shape index (κ2) is 12.4. The van der Waals surface area contributed by atoms with Gasteiger partial charge in [0.05, 0.1) is 24.0 Å². The topological polar surface area (TPSA) is 70.3 Å². The molecule has 3 aromatic carbocycles. The van der Waals surface area contributed by atoms with Crippen molar-refractivity contribution in [3.8, 4) is 17.1 Å². The highest BCUT2D eigenvalue weighted by Crippen LogP contribution is 2.31. The lowest BCUT2D eigenvalue weighted by atomic mass is 10.1. The number of nitrogens with one attached hydrogen (secondary N) is 1. The molecule has 1 saturated heterocycles. The van der Waals surface area contributed by atoms with Gasteiger partial charge in [0.2, 0.25) is 0 Å². The molecule has 0 unspecified atom stereocenters. The molecule has 0 bridgehead atoms. The first-order valence-corrected chi connectivity index (χ1v) is 13.3. The van der Waals surface area contributed by atoms with Crippen molar-refractivity contribution in [3.63, 3.8) is 0 Å². The van der Waals surface area contributed by atoms with Crippen LogP contribution in [0.3, 0.4) is 0 Å². The molecule has 1 N–H and O–H groups in total. The van der Waals surface area contributed by atoms with Gasteiger partial charge in [-0.1, -0.05) is 47.5 Å². The lowest BCUT2D eigenvalue weighted by Gasteiger charge is -2.36. The zero-order chi connectivity index (χ0) is 27.2. The molecule has 2 heterocycles. The highest BCUT2D eigenvalue weighted by Gasteiger charge is 2.19. The Bertz CT molecular complexity index is 1460. The number of benzene rings is 3. The molecule has 1 aromatic heterocycles. The number of ether oxygens (including phenoxy) is 1. The molecule has 200 valence electrons. The van der Waals surface area contributed by atoms with Gasteiger partial charge in [-0.3, -0.25) is 9.69 Å². The van der Waals surface area contributed by atoms with Crippen molar-refractivity contribution in [3.05, 3.63) is 106 Å². The summed E-state index contributed by atoms with van der Waals surface area (Å²) in [6.45, 7) is 4.60. The average molecular weight is 563 g/mol. The van der Waals surface area contributed by atoms with Crippen LogP contribution in [0.15, 0.2) is 88.4 Å². The van der Waals surface area contributed by atoms with Crippen LogP contribution in [0.2, 0.25) is 10.0 Å². The lowest BCUT2D eigenvalue weighted by molar-refractivity contribution is 0.0955. The Hall–Kier alpha value is -3.78. The minimum atomic E-state index is -0.296. The molecule has 9 heteroatoms. The van der Waals surface area contributed by atoms with E-state index < -0.39 is 0 Å². The number of furan rings is 1. The number of anilines is 1. The van der Waals surface area contributed by atoms with Gasteiger partial charge in [0, 0.05) is 48.9 Å². The van der Waals surface area contributed by atoms with Crippen LogP contribution < -0.4 is 15.1 Å². The third-order valence-electron chi connectivity index (χ3n) is 6.60. The number of hydrogen-bond acceptors (Lipinski definition) is 6. The fourth-order valence-electron chi connectivity index (χ4n) is 4.53. The second-order valence-electron chi connectivity index (χ2n) is 9.16. The molecular formula is C30H28Cl2N4O3. The van der Waals surface area contributed by atoms with Crippen molar-refractivity contribution in [1.82, 2.24) is 10.3 Å². The maximum absolute atomic E-state index is 12.6. The monoisotopic (exact) mass is 562 g/mol. The molecule has 1 amide bonds. The number of carbonyl (C=O) groups is 1. The molecule has 5 rings (SSSR count). The Kier molecular flexibility index (Phi) is 8.51. The zero-order valence-corrected chi connectivity index (χ0v) is 23.0. The summed E-state index contributed by atoms with van der Waals surface area (Å²) in [5.41, 5.74) is 6.10. The summed E-state index contributed by atoms with van der Waals surface area (Å²) in [6.07, 6.45) is 1.45. The minimum absolute atomic E-state index is 0.296. The number of hydrazone groups is 1. The maximum atomic E-state index is 12.6. The van der Waals surface area contributed by atoms with E-state index in [1.54, 1.807) is 37.4 Å². The Balaban J connectivity index is 1.11. The molecule has 0 spiro atoms. The second-order valence-corrected chi connectivity index (χ2v) is 10.0. The highest BCUT2D eigenvalue weighted by molar-refractivity contribution is 6.36. The Morgan fingerprint density at radius 2 is 1.77 bits per heavy atom. The third kappa shape index (κ3) is 6.63. The van der Waals surface area contributed by atoms with Crippen LogP contribution in [-0.2, 0) is 6.54 Å². The van der Waals surface area contributed by atoms with Crippen LogP contribution in [0.1, 0.15) is 21.7 Å². The smallest absolute Gasteiger partial charge is 0.271 e. The molecule has 1 fully saturated rings. The Morgan fingerprint density at radius 1 is 1.00 bits per heavy atom. The van der Waals surface area contributed by atoms with Crippen molar-refractivity contribution in [2.75, 3.05) is 38.2 Å². The Morgan fingerprint density at radius 3 is 2.51 bits per heavy atom. The molecule has 0 saturated carbocycles. The maximum Gasteiger partial charge on any atom is 0.271 e. The summed E-state index contributed by atoms with van der Waals surface area (Å²) in [4.78, 5) is 17.3. The van der Waals surface area contributed by atoms with Gasteiger partial charge in [-0.05, 0) is 60.2 Å². The number of piperazine rings is 1. The summed E-state index contributed by atoms with van der Waals surface area (Å²) in [7, 11) is 1.71. The van der Waals surface area contributed by atoms with Gasteiger partial charge >= 0.3 is 0 Å². The summed E-state index contributed by atoms with van der Waals surface area (Å²) in [6, 6.07) is 24.5. The van der Waals surface area contributed by atoms with E-state index in [9.17, 15) is 4.79 Å². The summed E-state index contributed by atoms with van der Waals surface area (Å²) in [5, 5.41) is 5.07. The van der Waals surface area contributed by atoms with E-state index in [-0.39, 0.29) is 5.91 Å². The normalized spacial score (nSPS) is 14.1. The minimum Gasteiger partial charge on any atom is -0.495 e. The van der Waals surface area contributed by atoms with E-state index in [0.717, 1.165) is 55.3 Å². The van der Waals surface area contributed by atoms with Gasteiger partial charge in [-0.15, -0.1) is 0 Å². The van der Waals surface area contributed by atoms with Crippen molar-refractivity contribution >= 4 is 41.0 Å². The molecule has 7 nitrogen and oxygen atoms in total. The Labute approximate surface area is 237 Å². The molecule has 4 aromatic rings. The number of halogens is 2. The van der Waals surface area contributed by atoms with Crippen LogP contribution in [0.4, 0.5) is 5.69 Å². The number of rotatable bonds is 8. The van der Waals surface area contributed by atoms with Gasteiger partial charge in [-0.25, -0.2) is 5.43 Å². The van der Waals surface area contributed by atoms with Crippen molar-refractivity contribution < 1.29 is 13.9 Å². The summed E-state index contributed by atoms with van der Waals surface area (Å²) in [5.74, 6) is 1.68. The van der Waals surface area contributed by atoms with Gasteiger partial charge in [0.1, 0.15) is 17.3 Å². The van der Waals surface area contributed by atoms with Crippen molar-refractivity contribution in [2.45, 2.75) is 6.54 Å². The van der Waals surface area contributed by atoms with Gasteiger partial charge in [0.25, 0.3) is 5.91 Å². The van der Waals surface area contributed by atoms with Crippen molar-refractivity contribution in [1.29, 1.82) is 0 Å². The van der Waals surface area contributed by atoms with E-state index in [4.69, 9.17) is 32.4 Å². The van der Waals surface area contributed by atoms with Crippen molar-refractivity contribution in [2.24, 2.45) is 5.10 Å². The predicted octanol–water partition coefficient (Wildman–Crippen LogP) is 6.35. The first-order chi connectivity index (χ1) is 19.0. The fraction of sp³-hybridized carbons (Fsp3) is 0.200. The molecule has 39 heavy (non-hydrogen) atoms. The average Bonchev–Trinajstić information content (AvgIpc) is 3.42. The molecule has 1 aliphatic rings. The largest absolute Gasteiger partial charge is 0.495 e. The van der Waals surface area contributed by atoms with Gasteiger partial charge < -0.3 is 14.1 Å². The number of amides is 1. The standard InChI is InChI=1S/C30H28Cl2N4O3/c1-38-29-5-3-2-4-27(29)36-16-14-35(15-17-36)20-21-6-8-22(9-7-21)30(37)34-33-19-24-11-13-28(39-24)25-12-10-23(31)18-26(25)32/h2-13,18-19H,14-17,20H2,1H3,(H,34,37)/b33-19-. The van der Waals surface area contributed by atoms with Crippen LogP contribution in [0.25, 0.3) is 11.3 Å². The number of para-hydroxylation sites is 2. The van der Waals surface area contributed by atoms with E-state index in [1.165, 1.54) is 6.21 Å². The summed E-state index contributed by atoms with van der Waals surface area (Å²) < 4.78 is 11.3. The molecule has 0 atom stereocenters. The van der Waals surface area contributed by atoms with Crippen LogP contribution in [-0.4, -0.2) is 50.3 Å². The van der Waals surface area contributed by atoms with E-state index in [2.05, 4.69) is 26.4 Å². The number of methoxy groups -OCH3 is 1. The molecule has 0 radical (unpaired) electrons. The van der Waals surface area contributed by atoms with Crippen LogP contribution in [0, 0.1) is 0 Å². The van der Waals surface area contributed by atoms with E-state index in [0.29, 0.717) is 27.1 Å². The van der Waals surface area contributed by atoms with E-state index >= 15 is 0 Å². The SMILES string of the molecule is COc1ccccc1N1CCN(Cc2ccc(C(=O)N/N=C\c3ccc(-c4ccc(Cl)cc4Cl)o3)cc2)CC1. The summed E-state index contributed by atoms with van der Waals surface area (Å²) >= 11 is 12.2. The van der Waals surface area contributed by atoms with Gasteiger partial charge in [0.15, 0.2) is 0 Å². The fourth-order valence-corrected chi connectivity index (χ4v) is 5.03. The highest BCUT2D eigenvalue weighted by atomic mass is 35.5. The quantitative estimate of drug-likeness (QED) is 0.200. The molecular weight excluding hydrogens is 535 g/mol. The van der Waals surface area contributed by atoms with Crippen LogP contribution >= 0.6 is 23.2 Å². The lowest BCUT2D eigenvalue weighted by Crippen LogP contribution is -2.46. The first kappa shape index (κ1) is 26.8. The number of hydrogen-bond donors (Lipinski definition) is 1. The van der Waals surface area contributed by atoms with Gasteiger partial charge in [-0.2, -0.15) is 5.10 Å². The number of nitrogens with zero attached hydrogens (tertiary/aromatic N) is 3. The van der Waals surface area contributed by atoms with E-state index in [1.807, 2.05) is 42.5 Å².